The Balaban J connectivity index is 2.76. The molecule has 2 atom stereocenters. The van der Waals surface area contributed by atoms with Crippen LogP contribution in [0.4, 0.5) is 0 Å². The highest BCUT2D eigenvalue weighted by molar-refractivity contribution is 9.10. The van der Waals surface area contributed by atoms with Crippen molar-refractivity contribution < 1.29 is 9.84 Å². The second kappa shape index (κ2) is 6.26. The molecule has 0 aromatic heterocycles. The molecular formula is C13H19BrO2. The van der Waals surface area contributed by atoms with Crippen molar-refractivity contribution in [3.05, 3.63) is 28.2 Å². The van der Waals surface area contributed by atoms with Gasteiger partial charge in [0.2, 0.25) is 0 Å². The zero-order valence-electron chi connectivity index (χ0n) is 10.0. The van der Waals surface area contributed by atoms with Gasteiger partial charge in [-0.3, -0.25) is 0 Å². The quantitative estimate of drug-likeness (QED) is 0.889. The number of hydrogen-bond donors (Lipinski definition) is 1. The summed E-state index contributed by atoms with van der Waals surface area (Å²) in [4.78, 5) is 0. The van der Waals surface area contributed by atoms with Crippen LogP contribution in [0, 0.1) is 5.92 Å². The van der Waals surface area contributed by atoms with Crippen LogP contribution in [-0.4, -0.2) is 12.2 Å². The normalized spacial score (nSPS) is 14.6. The zero-order chi connectivity index (χ0) is 12.1. The maximum Gasteiger partial charge on any atom is 0.133 e. The number of aliphatic hydroxyl groups is 1. The smallest absolute Gasteiger partial charge is 0.133 e. The SMILES string of the molecule is CCC(C)CC(O)c1ccc(OC)c(Br)c1. The van der Waals surface area contributed by atoms with Crippen molar-refractivity contribution in [2.24, 2.45) is 5.92 Å². The van der Waals surface area contributed by atoms with E-state index in [1.54, 1.807) is 7.11 Å². The van der Waals surface area contributed by atoms with Gasteiger partial charge in [0.1, 0.15) is 5.75 Å². The van der Waals surface area contributed by atoms with Crippen molar-refractivity contribution in [3.63, 3.8) is 0 Å². The fraction of sp³-hybridized carbons (Fsp3) is 0.538. The van der Waals surface area contributed by atoms with E-state index in [9.17, 15) is 5.11 Å². The predicted octanol–water partition coefficient (Wildman–Crippen LogP) is 3.93. The van der Waals surface area contributed by atoms with E-state index in [0.717, 1.165) is 28.6 Å². The van der Waals surface area contributed by atoms with Crippen molar-refractivity contribution in [1.82, 2.24) is 0 Å². The highest BCUT2D eigenvalue weighted by Crippen LogP contribution is 2.30. The minimum Gasteiger partial charge on any atom is -0.496 e. The number of rotatable bonds is 5. The summed E-state index contributed by atoms with van der Waals surface area (Å²) in [5, 5.41) is 10.0. The number of methoxy groups -OCH3 is 1. The summed E-state index contributed by atoms with van der Waals surface area (Å²) in [6, 6.07) is 5.71. The molecule has 0 fully saturated rings. The van der Waals surface area contributed by atoms with Crippen molar-refractivity contribution in [3.8, 4) is 5.75 Å². The molecule has 90 valence electrons. The highest BCUT2D eigenvalue weighted by atomic mass is 79.9. The van der Waals surface area contributed by atoms with Crippen LogP contribution < -0.4 is 4.74 Å². The first-order valence-electron chi connectivity index (χ1n) is 5.60. The predicted molar refractivity (Wildman–Crippen MR) is 69.7 cm³/mol. The molecule has 16 heavy (non-hydrogen) atoms. The van der Waals surface area contributed by atoms with Gasteiger partial charge in [-0.2, -0.15) is 0 Å². The summed E-state index contributed by atoms with van der Waals surface area (Å²) < 4.78 is 6.04. The molecule has 1 rings (SSSR count). The molecule has 0 radical (unpaired) electrons. The van der Waals surface area contributed by atoms with Crippen LogP contribution >= 0.6 is 15.9 Å². The van der Waals surface area contributed by atoms with E-state index < -0.39 is 6.10 Å². The van der Waals surface area contributed by atoms with Gasteiger partial charge in [0.05, 0.1) is 17.7 Å². The average Bonchev–Trinajstić information content (AvgIpc) is 2.28. The van der Waals surface area contributed by atoms with Crippen LogP contribution in [0.2, 0.25) is 0 Å². The van der Waals surface area contributed by atoms with Crippen LogP contribution in [0.1, 0.15) is 38.4 Å². The van der Waals surface area contributed by atoms with Gasteiger partial charge in [0.15, 0.2) is 0 Å². The standard InChI is InChI=1S/C13H19BrO2/c1-4-9(2)7-12(15)10-5-6-13(16-3)11(14)8-10/h5-6,8-9,12,15H,4,7H2,1-3H3. The summed E-state index contributed by atoms with van der Waals surface area (Å²) in [7, 11) is 1.63. The van der Waals surface area contributed by atoms with E-state index in [2.05, 4.69) is 29.8 Å². The monoisotopic (exact) mass is 286 g/mol. The first kappa shape index (κ1) is 13.5. The lowest BCUT2D eigenvalue weighted by molar-refractivity contribution is 0.146. The summed E-state index contributed by atoms with van der Waals surface area (Å²) in [5.74, 6) is 1.33. The molecule has 0 amide bonds. The highest BCUT2D eigenvalue weighted by Gasteiger charge is 2.12. The molecule has 0 saturated heterocycles. The lowest BCUT2D eigenvalue weighted by Gasteiger charge is -2.16. The van der Waals surface area contributed by atoms with Crippen molar-refractivity contribution in [2.45, 2.75) is 32.8 Å². The minimum atomic E-state index is -0.392. The fourth-order valence-corrected chi connectivity index (χ4v) is 2.13. The Morgan fingerprint density at radius 2 is 2.12 bits per heavy atom. The Bertz CT molecular complexity index is 339. The topological polar surface area (TPSA) is 29.5 Å². The van der Waals surface area contributed by atoms with E-state index >= 15 is 0 Å². The van der Waals surface area contributed by atoms with Crippen molar-refractivity contribution in [1.29, 1.82) is 0 Å². The molecule has 0 heterocycles. The lowest BCUT2D eigenvalue weighted by atomic mass is 9.96. The molecule has 3 heteroatoms. The van der Waals surface area contributed by atoms with Crippen molar-refractivity contribution in [2.75, 3.05) is 7.11 Å². The molecule has 1 N–H and O–H groups in total. The number of halogens is 1. The number of aliphatic hydroxyl groups excluding tert-OH is 1. The van der Waals surface area contributed by atoms with E-state index in [-0.39, 0.29) is 0 Å². The first-order chi connectivity index (χ1) is 7.58. The minimum absolute atomic E-state index is 0.392. The Morgan fingerprint density at radius 1 is 1.44 bits per heavy atom. The van der Waals surface area contributed by atoms with Gasteiger partial charge in [-0.1, -0.05) is 26.3 Å². The third-order valence-corrected chi connectivity index (χ3v) is 3.50. The summed E-state index contributed by atoms with van der Waals surface area (Å²) in [6.07, 6.45) is 1.50. The van der Waals surface area contributed by atoms with Crippen LogP contribution in [0.5, 0.6) is 5.75 Å². The Labute approximate surface area is 106 Å². The van der Waals surface area contributed by atoms with Gasteiger partial charge < -0.3 is 9.84 Å². The lowest BCUT2D eigenvalue weighted by Crippen LogP contribution is -2.04. The molecule has 1 aromatic rings. The molecule has 0 aliphatic heterocycles. The number of hydrogen-bond acceptors (Lipinski definition) is 2. The van der Waals surface area contributed by atoms with Gasteiger partial charge in [-0.05, 0) is 46.0 Å². The van der Waals surface area contributed by atoms with Crippen LogP contribution in [0.3, 0.4) is 0 Å². The number of ether oxygens (including phenoxy) is 1. The summed E-state index contributed by atoms with van der Waals surface area (Å²) in [6.45, 7) is 4.29. The van der Waals surface area contributed by atoms with E-state index in [0.29, 0.717) is 5.92 Å². The Kier molecular flexibility index (Phi) is 5.29. The first-order valence-corrected chi connectivity index (χ1v) is 6.39. The Hall–Kier alpha value is -0.540. The summed E-state index contributed by atoms with van der Waals surface area (Å²) in [5.41, 5.74) is 0.938. The maximum atomic E-state index is 10.0. The molecular weight excluding hydrogens is 268 g/mol. The molecule has 0 bridgehead atoms. The van der Waals surface area contributed by atoms with Crippen LogP contribution in [0.25, 0.3) is 0 Å². The van der Waals surface area contributed by atoms with Gasteiger partial charge in [-0.15, -0.1) is 0 Å². The molecule has 1 aromatic carbocycles. The maximum absolute atomic E-state index is 10.0. The van der Waals surface area contributed by atoms with Gasteiger partial charge in [-0.25, -0.2) is 0 Å². The third kappa shape index (κ3) is 3.49. The van der Waals surface area contributed by atoms with E-state index in [1.807, 2.05) is 18.2 Å². The molecule has 0 aliphatic rings. The molecule has 0 saturated carbocycles. The van der Waals surface area contributed by atoms with Gasteiger partial charge in [0.25, 0.3) is 0 Å². The molecule has 0 spiro atoms. The second-order valence-corrected chi connectivity index (χ2v) is 5.01. The van der Waals surface area contributed by atoms with Crippen LogP contribution in [0.15, 0.2) is 22.7 Å². The summed E-state index contributed by atoms with van der Waals surface area (Å²) >= 11 is 3.42. The average molecular weight is 287 g/mol. The Morgan fingerprint density at radius 3 is 2.62 bits per heavy atom. The number of benzene rings is 1. The van der Waals surface area contributed by atoms with Crippen LogP contribution in [-0.2, 0) is 0 Å². The zero-order valence-corrected chi connectivity index (χ0v) is 11.6. The van der Waals surface area contributed by atoms with E-state index in [4.69, 9.17) is 4.74 Å². The largest absolute Gasteiger partial charge is 0.496 e. The van der Waals surface area contributed by atoms with Gasteiger partial charge >= 0.3 is 0 Å². The van der Waals surface area contributed by atoms with Crippen molar-refractivity contribution >= 4 is 15.9 Å². The third-order valence-electron chi connectivity index (χ3n) is 2.88. The van der Waals surface area contributed by atoms with Gasteiger partial charge in [0, 0.05) is 0 Å². The fourth-order valence-electron chi connectivity index (χ4n) is 1.57. The molecule has 2 nitrogen and oxygen atoms in total. The second-order valence-electron chi connectivity index (χ2n) is 4.16. The molecule has 0 aliphatic carbocycles. The van der Waals surface area contributed by atoms with E-state index in [1.165, 1.54) is 0 Å². The molecule has 2 unspecified atom stereocenters.